The molecule has 7 heteroatoms. The van der Waals surface area contributed by atoms with Crippen LogP contribution in [0, 0.1) is 0 Å². The quantitative estimate of drug-likeness (QED) is 0.620. The summed E-state index contributed by atoms with van der Waals surface area (Å²) < 4.78 is 30.7. The molecule has 104 valence electrons. The van der Waals surface area contributed by atoms with E-state index in [1.165, 1.54) is 13.2 Å². The minimum Gasteiger partial charge on any atom is -0.464 e. The van der Waals surface area contributed by atoms with Gasteiger partial charge in [-0.15, -0.1) is 0 Å². The first kappa shape index (κ1) is 14.0. The van der Waals surface area contributed by atoms with Gasteiger partial charge in [-0.1, -0.05) is 11.6 Å². The van der Waals surface area contributed by atoms with Gasteiger partial charge in [-0.25, -0.2) is 18.6 Å². The molecule has 1 fully saturated rings. The molecular weight excluding hydrogens is 278 g/mol. The van der Waals surface area contributed by atoms with Gasteiger partial charge in [0, 0.05) is 25.9 Å². The zero-order valence-corrected chi connectivity index (χ0v) is 11.1. The molecule has 1 aromatic heterocycles. The molecule has 0 amide bonds. The Bertz CT molecular complexity index is 487. The van der Waals surface area contributed by atoms with Crippen LogP contribution < -0.4 is 4.90 Å². The van der Waals surface area contributed by atoms with Crippen molar-refractivity contribution in [3.05, 3.63) is 23.0 Å². The number of ether oxygens (including phenoxy) is 1. The lowest BCUT2D eigenvalue weighted by atomic mass is 10.1. The number of methoxy groups -OCH3 is 1. The number of halogens is 3. The molecule has 0 atom stereocenters. The van der Waals surface area contributed by atoms with Crippen LogP contribution in [-0.4, -0.2) is 37.1 Å². The second-order valence-electron chi connectivity index (χ2n) is 4.34. The Kier molecular flexibility index (Phi) is 3.89. The van der Waals surface area contributed by atoms with Crippen molar-refractivity contribution in [1.82, 2.24) is 4.98 Å². The van der Waals surface area contributed by atoms with E-state index < -0.39 is 11.9 Å². The molecule has 1 aliphatic heterocycles. The van der Waals surface area contributed by atoms with E-state index in [1.807, 2.05) is 0 Å². The maximum absolute atomic E-state index is 13.1. The third kappa shape index (κ3) is 3.12. The highest BCUT2D eigenvalue weighted by molar-refractivity contribution is 6.32. The molecule has 0 aliphatic carbocycles. The second-order valence-corrected chi connectivity index (χ2v) is 4.70. The van der Waals surface area contributed by atoms with Gasteiger partial charge < -0.3 is 9.64 Å². The van der Waals surface area contributed by atoms with Crippen LogP contribution in [0.3, 0.4) is 0 Å². The van der Waals surface area contributed by atoms with E-state index in [9.17, 15) is 13.6 Å². The van der Waals surface area contributed by atoms with Crippen LogP contribution in [0.25, 0.3) is 0 Å². The maximum Gasteiger partial charge on any atom is 0.356 e. The Balaban J connectivity index is 2.16. The first-order valence-corrected chi connectivity index (χ1v) is 6.18. The average molecular weight is 291 g/mol. The van der Waals surface area contributed by atoms with Gasteiger partial charge in [0.1, 0.15) is 5.69 Å². The zero-order valence-electron chi connectivity index (χ0n) is 10.3. The fraction of sp³-hybridized carbons (Fsp3) is 0.500. The van der Waals surface area contributed by atoms with Crippen LogP contribution in [0.15, 0.2) is 12.1 Å². The summed E-state index contributed by atoms with van der Waals surface area (Å²) in [5, 5.41) is 0.119. The largest absolute Gasteiger partial charge is 0.464 e. The smallest absolute Gasteiger partial charge is 0.356 e. The first-order valence-electron chi connectivity index (χ1n) is 5.80. The third-order valence-electron chi connectivity index (χ3n) is 3.06. The SMILES string of the molecule is COC(=O)c1ccc(N2CCC(F)(F)CC2)c(Cl)n1. The zero-order chi connectivity index (χ0) is 14.0. The van der Waals surface area contributed by atoms with Gasteiger partial charge in [0.25, 0.3) is 5.92 Å². The lowest BCUT2D eigenvalue weighted by Crippen LogP contribution is -2.39. The summed E-state index contributed by atoms with van der Waals surface area (Å²) in [4.78, 5) is 16.9. The van der Waals surface area contributed by atoms with E-state index in [1.54, 1.807) is 11.0 Å². The summed E-state index contributed by atoms with van der Waals surface area (Å²) in [6.45, 7) is 0.429. The van der Waals surface area contributed by atoms with Crippen molar-refractivity contribution < 1.29 is 18.3 Å². The molecule has 1 aliphatic rings. The van der Waals surface area contributed by atoms with E-state index in [2.05, 4.69) is 9.72 Å². The van der Waals surface area contributed by atoms with Crippen molar-refractivity contribution in [2.45, 2.75) is 18.8 Å². The van der Waals surface area contributed by atoms with Crippen molar-refractivity contribution in [2.75, 3.05) is 25.1 Å². The van der Waals surface area contributed by atoms with Gasteiger partial charge in [-0.05, 0) is 12.1 Å². The number of hydrogen-bond acceptors (Lipinski definition) is 4. The summed E-state index contributed by atoms with van der Waals surface area (Å²) in [7, 11) is 1.25. The number of pyridine rings is 1. The number of rotatable bonds is 2. The summed E-state index contributed by atoms with van der Waals surface area (Å²) in [5.41, 5.74) is 0.656. The molecule has 0 spiro atoms. The normalized spacial score (nSPS) is 18.2. The fourth-order valence-electron chi connectivity index (χ4n) is 1.96. The number of carbonyl (C=O) groups excluding carboxylic acids is 1. The number of piperidine rings is 1. The molecule has 0 saturated carbocycles. The lowest BCUT2D eigenvalue weighted by Gasteiger charge is -2.33. The highest BCUT2D eigenvalue weighted by Crippen LogP contribution is 2.33. The molecule has 1 aromatic rings. The standard InChI is InChI=1S/C12H13ClF2N2O2/c1-19-11(18)8-2-3-9(10(13)16-8)17-6-4-12(14,15)5-7-17/h2-3H,4-7H2,1H3. The number of alkyl halides is 2. The number of hydrogen-bond donors (Lipinski definition) is 0. The van der Waals surface area contributed by atoms with Crippen LogP contribution >= 0.6 is 11.6 Å². The van der Waals surface area contributed by atoms with E-state index in [0.29, 0.717) is 5.69 Å². The van der Waals surface area contributed by atoms with Crippen LogP contribution in [0.2, 0.25) is 5.15 Å². The topological polar surface area (TPSA) is 42.4 Å². The monoisotopic (exact) mass is 290 g/mol. The van der Waals surface area contributed by atoms with Crippen LogP contribution in [0.1, 0.15) is 23.3 Å². The van der Waals surface area contributed by atoms with Crippen molar-refractivity contribution in [2.24, 2.45) is 0 Å². The van der Waals surface area contributed by atoms with Crippen LogP contribution in [0.5, 0.6) is 0 Å². The highest BCUT2D eigenvalue weighted by atomic mass is 35.5. The number of nitrogens with zero attached hydrogens (tertiary/aromatic N) is 2. The molecule has 0 radical (unpaired) electrons. The molecule has 4 nitrogen and oxygen atoms in total. The third-order valence-corrected chi connectivity index (χ3v) is 3.34. The molecule has 0 unspecified atom stereocenters. The van der Waals surface area contributed by atoms with Crippen molar-refractivity contribution in [3.8, 4) is 0 Å². The second kappa shape index (κ2) is 5.28. The summed E-state index contributed by atoms with van der Waals surface area (Å²) in [5.74, 6) is -3.19. The average Bonchev–Trinajstić information content (AvgIpc) is 2.38. The summed E-state index contributed by atoms with van der Waals surface area (Å²) in [6.07, 6.45) is -0.413. The lowest BCUT2D eigenvalue weighted by molar-refractivity contribution is -0.0220. The number of anilines is 1. The van der Waals surface area contributed by atoms with Gasteiger partial charge in [0.2, 0.25) is 0 Å². The summed E-state index contributed by atoms with van der Waals surface area (Å²) in [6, 6.07) is 3.07. The van der Waals surface area contributed by atoms with E-state index >= 15 is 0 Å². The Morgan fingerprint density at radius 2 is 2.05 bits per heavy atom. The molecule has 0 bridgehead atoms. The Labute approximate surface area is 114 Å². The predicted octanol–water partition coefficient (Wildman–Crippen LogP) is 2.76. The number of esters is 1. The summed E-state index contributed by atoms with van der Waals surface area (Å²) >= 11 is 5.99. The Hall–Kier alpha value is -1.43. The van der Waals surface area contributed by atoms with Crippen molar-refractivity contribution in [3.63, 3.8) is 0 Å². The molecule has 1 saturated heterocycles. The highest BCUT2D eigenvalue weighted by Gasteiger charge is 2.34. The van der Waals surface area contributed by atoms with E-state index in [-0.39, 0.29) is 36.8 Å². The minimum atomic E-state index is -2.61. The van der Waals surface area contributed by atoms with Gasteiger partial charge in [0.15, 0.2) is 5.15 Å². The number of carbonyl (C=O) groups is 1. The predicted molar refractivity (Wildman–Crippen MR) is 67.0 cm³/mol. The van der Waals surface area contributed by atoms with Gasteiger partial charge >= 0.3 is 5.97 Å². The van der Waals surface area contributed by atoms with Gasteiger partial charge in [-0.3, -0.25) is 0 Å². The minimum absolute atomic E-state index is 0.0959. The van der Waals surface area contributed by atoms with Gasteiger partial charge in [0.05, 0.1) is 12.8 Å². The van der Waals surface area contributed by atoms with Crippen LogP contribution in [-0.2, 0) is 4.74 Å². The number of aromatic nitrogens is 1. The maximum atomic E-state index is 13.1. The first-order chi connectivity index (χ1) is 8.93. The van der Waals surface area contributed by atoms with Gasteiger partial charge in [-0.2, -0.15) is 0 Å². The van der Waals surface area contributed by atoms with E-state index in [4.69, 9.17) is 11.6 Å². The Morgan fingerprint density at radius 1 is 1.42 bits per heavy atom. The molecule has 19 heavy (non-hydrogen) atoms. The van der Waals surface area contributed by atoms with E-state index in [0.717, 1.165) is 0 Å². The van der Waals surface area contributed by atoms with Crippen LogP contribution in [0.4, 0.5) is 14.5 Å². The molecular formula is C12H13ClF2N2O2. The molecule has 2 heterocycles. The Morgan fingerprint density at radius 3 is 2.58 bits per heavy atom. The molecule has 0 N–H and O–H groups in total. The van der Waals surface area contributed by atoms with Crippen molar-refractivity contribution >= 4 is 23.3 Å². The molecule has 0 aromatic carbocycles. The molecule has 2 rings (SSSR count). The van der Waals surface area contributed by atoms with Crippen molar-refractivity contribution in [1.29, 1.82) is 0 Å². The fourth-order valence-corrected chi connectivity index (χ4v) is 2.23.